The number of hydrogen-bond acceptors (Lipinski definition) is 6. The van der Waals surface area contributed by atoms with Crippen molar-refractivity contribution in [3.8, 4) is 0 Å². The molecule has 6 nitrogen and oxygen atoms in total. The first kappa shape index (κ1) is 15.5. The van der Waals surface area contributed by atoms with Gasteiger partial charge in [0.05, 0.1) is 13.3 Å². The van der Waals surface area contributed by atoms with Crippen LogP contribution in [0.2, 0.25) is 5.02 Å². The molecule has 1 heterocycles. The summed E-state index contributed by atoms with van der Waals surface area (Å²) in [6.45, 7) is 4.05. The zero-order valence-corrected chi connectivity index (χ0v) is 12.3. The van der Waals surface area contributed by atoms with Gasteiger partial charge in [0.1, 0.15) is 11.1 Å². The fourth-order valence-corrected chi connectivity index (χ4v) is 1.73. The lowest BCUT2D eigenvalue weighted by atomic mass is 10.0. The van der Waals surface area contributed by atoms with Crippen LogP contribution in [0.25, 0.3) is 0 Å². The van der Waals surface area contributed by atoms with Crippen LogP contribution in [0, 0.1) is 5.92 Å². The van der Waals surface area contributed by atoms with Gasteiger partial charge in [-0.3, -0.25) is 0 Å². The maximum Gasteiger partial charge on any atom is 0.328 e. The predicted octanol–water partition coefficient (Wildman–Crippen LogP) is 2.17. The first-order valence-electron chi connectivity index (χ1n) is 6.02. The van der Waals surface area contributed by atoms with Crippen molar-refractivity contribution in [2.24, 2.45) is 5.92 Å². The first-order valence-corrected chi connectivity index (χ1v) is 6.40. The summed E-state index contributed by atoms with van der Waals surface area (Å²) in [5.74, 6) is 0.840. The molecule has 0 radical (unpaired) electrons. The van der Waals surface area contributed by atoms with Crippen LogP contribution in [0.3, 0.4) is 0 Å². The smallest absolute Gasteiger partial charge is 0.328 e. The third-order valence-electron chi connectivity index (χ3n) is 2.47. The lowest BCUT2D eigenvalue weighted by Crippen LogP contribution is -2.32. The molecule has 0 aliphatic carbocycles. The van der Waals surface area contributed by atoms with Crippen LogP contribution in [0.5, 0.6) is 0 Å². The molecule has 0 bridgehead atoms. The van der Waals surface area contributed by atoms with Gasteiger partial charge in [-0.25, -0.2) is 9.78 Å². The van der Waals surface area contributed by atoms with Crippen LogP contribution in [-0.4, -0.2) is 36.1 Å². The lowest BCUT2D eigenvalue weighted by Gasteiger charge is -2.19. The number of anilines is 2. The second kappa shape index (κ2) is 7.13. The Labute approximate surface area is 117 Å². The number of carbonyl (C=O) groups excluding carboxylic acids is 1. The number of halogens is 1. The van der Waals surface area contributed by atoms with E-state index in [4.69, 9.17) is 16.3 Å². The van der Waals surface area contributed by atoms with E-state index in [1.54, 1.807) is 7.05 Å². The quantitative estimate of drug-likeness (QED) is 0.781. The molecule has 0 aromatic carbocycles. The zero-order valence-electron chi connectivity index (χ0n) is 11.5. The third-order valence-corrected chi connectivity index (χ3v) is 2.75. The van der Waals surface area contributed by atoms with Gasteiger partial charge in [0, 0.05) is 7.05 Å². The molecule has 1 unspecified atom stereocenters. The molecule has 19 heavy (non-hydrogen) atoms. The molecule has 0 amide bonds. The maximum atomic E-state index is 11.7. The van der Waals surface area contributed by atoms with Gasteiger partial charge in [-0.15, -0.1) is 0 Å². The minimum atomic E-state index is -0.484. The van der Waals surface area contributed by atoms with Crippen molar-refractivity contribution in [2.45, 2.75) is 26.3 Å². The Morgan fingerprint density at radius 3 is 2.74 bits per heavy atom. The third kappa shape index (κ3) is 4.55. The summed E-state index contributed by atoms with van der Waals surface area (Å²) in [4.78, 5) is 19.9. The van der Waals surface area contributed by atoms with E-state index in [2.05, 4.69) is 20.6 Å². The maximum absolute atomic E-state index is 11.7. The minimum absolute atomic E-state index is 0.334. The summed E-state index contributed by atoms with van der Waals surface area (Å²) in [5, 5.41) is 6.18. The van der Waals surface area contributed by atoms with Gasteiger partial charge in [-0.1, -0.05) is 25.4 Å². The van der Waals surface area contributed by atoms with Gasteiger partial charge in [-0.2, -0.15) is 4.98 Å². The second-order valence-corrected chi connectivity index (χ2v) is 4.90. The minimum Gasteiger partial charge on any atom is -0.467 e. The molecule has 1 atom stereocenters. The number of aromatic nitrogens is 2. The summed E-state index contributed by atoms with van der Waals surface area (Å²) in [6, 6.07) is -0.484. The van der Waals surface area contributed by atoms with E-state index in [1.807, 2.05) is 13.8 Å². The van der Waals surface area contributed by atoms with Crippen LogP contribution < -0.4 is 10.6 Å². The zero-order chi connectivity index (χ0) is 14.4. The number of hydrogen-bond donors (Lipinski definition) is 2. The highest BCUT2D eigenvalue weighted by Crippen LogP contribution is 2.21. The molecule has 1 aromatic heterocycles. The van der Waals surface area contributed by atoms with Gasteiger partial charge < -0.3 is 15.4 Å². The Balaban J connectivity index is 2.91. The number of carbonyl (C=O) groups is 1. The normalized spacial score (nSPS) is 12.1. The molecule has 7 heteroatoms. The highest BCUT2D eigenvalue weighted by molar-refractivity contribution is 6.32. The summed E-state index contributed by atoms with van der Waals surface area (Å²) < 4.78 is 4.78. The number of nitrogens with zero attached hydrogens (tertiary/aromatic N) is 2. The number of methoxy groups -OCH3 is 1. The largest absolute Gasteiger partial charge is 0.467 e. The molecule has 0 aliphatic heterocycles. The van der Waals surface area contributed by atoms with E-state index >= 15 is 0 Å². The van der Waals surface area contributed by atoms with Crippen LogP contribution in [0.4, 0.5) is 11.8 Å². The van der Waals surface area contributed by atoms with Crippen molar-refractivity contribution in [1.82, 2.24) is 9.97 Å². The Bertz CT molecular complexity index is 440. The van der Waals surface area contributed by atoms with Crippen LogP contribution >= 0.6 is 11.6 Å². The molecular formula is C12H19ClN4O2. The molecule has 2 N–H and O–H groups in total. The van der Waals surface area contributed by atoms with Gasteiger partial charge in [0.15, 0.2) is 5.82 Å². The van der Waals surface area contributed by atoms with E-state index in [9.17, 15) is 4.79 Å². The monoisotopic (exact) mass is 286 g/mol. The molecule has 0 saturated carbocycles. The van der Waals surface area contributed by atoms with Crippen molar-refractivity contribution in [2.75, 3.05) is 24.8 Å². The molecule has 0 aliphatic rings. The highest BCUT2D eigenvalue weighted by atomic mass is 35.5. The van der Waals surface area contributed by atoms with E-state index in [1.165, 1.54) is 13.3 Å². The molecular weight excluding hydrogens is 268 g/mol. The van der Waals surface area contributed by atoms with Crippen molar-refractivity contribution in [3.05, 3.63) is 11.2 Å². The molecule has 106 valence electrons. The second-order valence-electron chi connectivity index (χ2n) is 4.49. The van der Waals surface area contributed by atoms with Gasteiger partial charge >= 0.3 is 5.97 Å². The number of nitrogens with one attached hydrogen (secondary N) is 2. The first-order chi connectivity index (χ1) is 8.97. The summed E-state index contributed by atoms with van der Waals surface area (Å²) >= 11 is 6.01. The summed E-state index contributed by atoms with van der Waals surface area (Å²) in [6.07, 6.45) is 2.11. The average Bonchev–Trinajstić information content (AvgIpc) is 2.38. The standard InChI is InChI=1S/C12H19ClN4O2/c1-7(2)5-9(11(18)19-4)16-10-8(13)6-15-12(14-3)17-10/h6-7,9H,5H2,1-4H3,(H2,14,15,16,17). The summed E-state index contributed by atoms with van der Waals surface area (Å²) in [5.41, 5.74) is 0. The predicted molar refractivity (Wildman–Crippen MR) is 75.5 cm³/mol. The fraction of sp³-hybridized carbons (Fsp3) is 0.583. The average molecular weight is 287 g/mol. The number of rotatable bonds is 6. The van der Waals surface area contributed by atoms with E-state index in [-0.39, 0.29) is 5.97 Å². The van der Waals surface area contributed by atoms with Crippen molar-refractivity contribution < 1.29 is 9.53 Å². The van der Waals surface area contributed by atoms with Crippen molar-refractivity contribution in [3.63, 3.8) is 0 Å². The molecule has 1 rings (SSSR count). The Morgan fingerprint density at radius 1 is 1.53 bits per heavy atom. The Hall–Kier alpha value is -1.56. The van der Waals surface area contributed by atoms with E-state index < -0.39 is 6.04 Å². The number of ether oxygens (including phenoxy) is 1. The topological polar surface area (TPSA) is 76.1 Å². The van der Waals surface area contributed by atoms with Crippen molar-refractivity contribution in [1.29, 1.82) is 0 Å². The van der Waals surface area contributed by atoms with Crippen LogP contribution in [-0.2, 0) is 9.53 Å². The molecule has 1 aromatic rings. The summed E-state index contributed by atoms with van der Waals surface area (Å²) in [7, 11) is 3.07. The SMILES string of the molecule is CNc1ncc(Cl)c(NC(CC(C)C)C(=O)OC)n1. The molecule has 0 fully saturated rings. The fourth-order valence-electron chi connectivity index (χ4n) is 1.58. The van der Waals surface area contributed by atoms with Gasteiger partial charge in [-0.05, 0) is 12.3 Å². The highest BCUT2D eigenvalue weighted by Gasteiger charge is 2.22. The number of esters is 1. The van der Waals surface area contributed by atoms with Gasteiger partial charge in [0.25, 0.3) is 0 Å². The lowest BCUT2D eigenvalue weighted by molar-refractivity contribution is -0.141. The van der Waals surface area contributed by atoms with Gasteiger partial charge in [0.2, 0.25) is 5.95 Å². The molecule has 0 spiro atoms. The van der Waals surface area contributed by atoms with E-state index in [0.29, 0.717) is 29.1 Å². The van der Waals surface area contributed by atoms with Crippen molar-refractivity contribution >= 4 is 29.3 Å². The molecule has 0 saturated heterocycles. The van der Waals surface area contributed by atoms with E-state index in [0.717, 1.165) is 0 Å². The Kier molecular flexibility index (Phi) is 5.82. The van der Waals surface area contributed by atoms with Crippen LogP contribution in [0.15, 0.2) is 6.20 Å². The van der Waals surface area contributed by atoms with Crippen LogP contribution in [0.1, 0.15) is 20.3 Å². The Morgan fingerprint density at radius 2 is 2.21 bits per heavy atom.